The molecule has 0 aromatic carbocycles. The Bertz CT molecular complexity index is 472. The van der Waals surface area contributed by atoms with Crippen molar-refractivity contribution < 1.29 is 13.2 Å². The Morgan fingerprint density at radius 1 is 1.53 bits per heavy atom. The van der Waals surface area contributed by atoms with Crippen molar-refractivity contribution >= 4 is 10.0 Å². The van der Waals surface area contributed by atoms with E-state index in [4.69, 9.17) is 4.74 Å². The number of nitrogens with one attached hydrogen (secondary N) is 3. The zero-order valence-corrected chi connectivity index (χ0v) is 12.4. The zero-order chi connectivity index (χ0) is 14.3. The van der Waals surface area contributed by atoms with Crippen LogP contribution in [0.5, 0.6) is 0 Å². The third-order valence-electron chi connectivity index (χ3n) is 2.46. The van der Waals surface area contributed by atoms with E-state index in [0.717, 1.165) is 13.0 Å². The fraction of sp³-hybridized carbons (Fsp3) is 0.727. The van der Waals surface area contributed by atoms with Crippen LogP contribution in [-0.2, 0) is 21.3 Å². The minimum atomic E-state index is -3.59. The minimum Gasteiger partial charge on any atom is -0.383 e. The van der Waals surface area contributed by atoms with Crippen molar-refractivity contribution in [2.75, 3.05) is 20.3 Å². The fourth-order valence-electron chi connectivity index (χ4n) is 1.67. The van der Waals surface area contributed by atoms with Gasteiger partial charge in [-0.2, -0.15) is 5.10 Å². The number of aromatic nitrogens is 2. The third-order valence-corrected chi connectivity index (χ3v) is 4.07. The van der Waals surface area contributed by atoms with Gasteiger partial charge in [-0.25, -0.2) is 13.1 Å². The van der Waals surface area contributed by atoms with Crippen LogP contribution in [0, 0.1) is 0 Å². The Kier molecular flexibility index (Phi) is 6.43. The topological polar surface area (TPSA) is 96.1 Å². The number of sulfonamides is 1. The third kappa shape index (κ3) is 4.90. The highest BCUT2D eigenvalue weighted by molar-refractivity contribution is 7.89. The van der Waals surface area contributed by atoms with E-state index in [2.05, 4.69) is 20.2 Å². The Morgan fingerprint density at radius 2 is 2.26 bits per heavy atom. The lowest BCUT2D eigenvalue weighted by Crippen LogP contribution is -2.36. The van der Waals surface area contributed by atoms with Gasteiger partial charge in [-0.1, -0.05) is 6.92 Å². The molecule has 0 radical (unpaired) electrons. The van der Waals surface area contributed by atoms with Gasteiger partial charge >= 0.3 is 0 Å². The van der Waals surface area contributed by atoms with Crippen molar-refractivity contribution in [2.24, 2.45) is 0 Å². The van der Waals surface area contributed by atoms with Crippen LogP contribution >= 0.6 is 0 Å². The van der Waals surface area contributed by atoms with Crippen molar-refractivity contribution in [1.82, 2.24) is 20.2 Å². The largest absolute Gasteiger partial charge is 0.383 e. The molecule has 1 atom stereocenters. The van der Waals surface area contributed by atoms with Crippen LogP contribution in [0.3, 0.4) is 0 Å². The maximum absolute atomic E-state index is 12.2. The Hall–Kier alpha value is -0.960. The van der Waals surface area contributed by atoms with Gasteiger partial charge in [-0.3, -0.25) is 5.10 Å². The second-order valence-corrected chi connectivity index (χ2v) is 6.03. The van der Waals surface area contributed by atoms with Gasteiger partial charge in [0.25, 0.3) is 10.0 Å². The fourth-order valence-corrected chi connectivity index (χ4v) is 3.02. The summed E-state index contributed by atoms with van der Waals surface area (Å²) in [6.45, 7) is 5.41. The average molecular weight is 290 g/mol. The van der Waals surface area contributed by atoms with E-state index >= 15 is 0 Å². The van der Waals surface area contributed by atoms with Crippen molar-refractivity contribution in [3.05, 3.63) is 11.8 Å². The summed E-state index contributed by atoms with van der Waals surface area (Å²) in [6.07, 6.45) is 2.52. The van der Waals surface area contributed by atoms with Gasteiger partial charge in [-0.15, -0.1) is 0 Å². The molecule has 1 rings (SSSR count). The Morgan fingerprint density at radius 3 is 2.89 bits per heavy atom. The van der Waals surface area contributed by atoms with Crippen LogP contribution in [-0.4, -0.2) is 44.9 Å². The first-order valence-corrected chi connectivity index (χ1v) is 7.73. The van der Waals surface area contributed by atoms with Gasteiger partial charge in [0.2, 0.25) is 0 Å². The van der Waals surface area contributed by atoms with Crippen LogP contribution in [0.25, 0.3) is 0 Å². The van der Waals surface area contributed by atoms with Crippen LogP contribution in [0.2, 0.25) is 0 Å². The highest BCUT2D eigenvalue weighted by Crippen LogP contribution is 2.12. The standard InChI is InChI=1S/C11H22N4O3S/c1-4-5-12-6-10-7-13-14-11(10)19(16,17)15-9(2)8-18-3/h7,9,12,15H,4-6,8H2,1-3H3,(H,13,14). The molecule has 0 aliphatic rings. The van der Waals surface area contributed by atoms with E-state index in [1.54, 1.807) is 6.92 Å². The maximum atomic E-state index is 12.2. The lowest BCUT2D eigenvalue weighted by molar-refractivity contribution is 0.180. The lowest BCUT2D eigenvalue weighted by atomic mass is 10.3. The number of hydrogen-bond donors (Lipinski definition) is 3. The SMILES string of the molecule is CCCNCc1cn[nH]c1S(=O)(=O)NC(C)COC. The molecule has 3 N–H and O–H groups in total. The molecule has 0 aliphatic heterocycles. The highest BCUT2D eigenvalue weighted by atomic mass is 32.2. The van der Waals surface area contributed by atoms with Gasteiger partial charge in [0, 0.05) is 25.3 Å². The molecule has 8 heteroatoms. The smallest absolute Gasteiger partial charge is 0.258 e. The molecule has 7 nitrogen and oxygen atoms in total. The second-order valence-electron chi connectivity index (χ2n) is 4.38. The van der Waals surface area contributed by atoms with Gasteiger partial charge in [0.05, 0.1) is 12.8 Å². The number of nitrogens with zero attached hydrogens (tertiary/aromatic N) is 1. The van der Waals surface area contributed by atoms with Crippen LogP contribution < -0.4 is 10.0 Å². The van der Waals surface area contributed by atoms with E-state index in [0.29, 0.717) is 18.7 Å². The highest BCUT2D eigenvalue weighted by Gasteiger charge is 2.22. The molecule has 0 spiro atoms. The summed E-state index contributed by atoms with van der Waals surface area (Å²) in [4.78, 5) is 0. The molecule has 0 saturated heterocycles. The molecular weight excluding hydrogens is 268 g/mol. The minimum absolute atomic E-state index is 0.110. The Balaban J connectivity index is 2.75. The number of rotatable bonds is 9. The molecule has 0 bridgehead atoms. The number of H-pyrrole nitrogens is 1. The van der Waals surface area contributed by atoms with Crippen molar-refractivity contribution in [1.29, 1.82) is 0 Å². The Labute approximate surface area is 114 Å². The summed E-state index contributed by atoms with van der Waals surface area (Å²) in [5, 5.41) is 9.61. The molecular formula is C11H22N4O3S. The first kappa shape index (κ1) is 16.1. The second kappa shape index (κ2) is 7.59. The van der Waals surface area contributed by atoms with Gasteiger partial charge in [0.15, 0.2) is 5.03 Å². The van der Waals surface area contributed by atoms with E-state index < -0.39 is 10.0 Å². The summed E-state index contributed by atoms with van der Waals surface area (Å²) >= 11 is 0. The van der Waals surface area contributed by atoms with Gasteiger partial charge in [0.1, 0.15) is 0 Å². The molecule has 110 valence electrons. The van der Waals surface area contributed by atoms with E-state index in [1.165, 1.54) is 13.3 Å². The predicted octanol–water partition coefficient (Wildman–Crippen LogP) is 0.223. The molecule has 1 unspecified atom stereocenters. The summed E-state index contributed by atoms with van der Waals surface area (Å²) in [6, 6.07) is -0.297. The number of ether oxygens (including phenoxy) is 1. The van der Waals surface area contributed by atoms with Gasteiger partial charge in [-0.05, 0) is 19.9 Å². The van der Waals surface area contributed by atoms with E-state index in [-0.39, 0.29) is 11.1 Å². The van der Waals surface area contributed by atoms with Crippen molar-refractivity contribution in [3.63, 3.8) is 0 Å². The monoisotopic (exact) mass is 290 g/mol. The average Bonchev–Trinajstić information content (AvgIpc) is 2.78. The summed E-state index contributed by atoms with van der Waals surface area (Å²) in [7, 11) is -2.07. The van der Waals surface area contributed by atoms with Crippen molar-refractivity contribution in [2.45, 2.75) is 37.9 Å². The van der Waals surface area contributed by atoms with Crippen LogP contribution in [0.15, 0.2) is 11.2 Å². The molecule has 1 aromatic rings. The molecule has 0 saturated carbocycles. The van der Waals surface area contributed by atoms with Gasteiger partial charge < -0.3 is 10.1 Å². The number of methoxy groups -OCH3 is 1. The van der Waals surface area contributed by atoms with Crippen molar-refractivity contribution in [3.8, 4) is 0 Å². The number of aromatic amines is 1. The van der Waals surface area contributed by atoms with E-state index in [9.17, 15) is 8.42 Å². The quantitative estimate of drug-likeness (QED) is 0.566. The van der Waals surface area contributed by atoms with Crippen LogP contribution in [0.4, 0.5) is 0 Å². The maximum Gasteiger partial charge on any atom is 0.258 e. The first-order valence-electron chi connectivity index (χ1n) is 6.25. The molecule has 0 amide bonds. The van der Waals surface area contributed by atoms with Crippen LogP contribution in [0.1, 0.15) is 25.8 Å². The molecule has 0 aliphatic carbocycles. The summed E-state index contributed by atoms with van der Waals surface area (Å²) in [5.74, 6) is 0. The summed E-state index contributed by atoms with van der Waals surface area (Å²) in [5.41, 5.74) is 0.630. The molecule has 0 fully saturated rings. The molecule has 1 aromatic heterocycles. The van der Waals surface area contributed by atoms with E-state index in [1.807, 2.05) is 6.92 Å². The normalized spacial score (nSPS) is 13.6. The molecule has 19 heavy (non-hydrogen) atoms. The summed E-state index contributed by atoms with van der Waals surface area (Å²) < 4.78 is 31.8. The lowest BCUT2D eigenvalue weighted by Gasteiger charge is -2.13. The first-order chi connectivity index (χ1) is 9.01. The molecule has 1 heterocycles. The number of hydrogen-bond acceptors (Lipinski definition) is 5. The zero-order valence-electron chi connectivity index (χ0n) is 11.6. The predicted molar refractivity (Wildman–Crippen MR) is 72.2 cm³/mol.